The summed E-state index contributed by atoms with van der Waals surface area (Å²) in [4.78, 5) is 77.7. The molecule has 4 aromatic rings. The number of ether oxygens (including phenoxy) is 2. The summed E-state index contributed by atoms with van der Waals surface area (Å²) in [6.07, 6.45) is 11.8. The summed E-state index contributed by atoms with van der Waals surface area (Å²) >= 11 is 0. The molecule has 16 nitrogen and oxygen atoms in total. The molecular formula is C54H70N8O8. The molecule has 4 aliphatic heterocycles. The third-order valence-electron chi connectivity index (χ3n) is 17.3. The Morgan fingerprint density at radius 3 is 1.31 bits per heavy atom. The summed E-state index contributed by atoms with van der Waals surface area (Å²) < 4.78 is 12.6. The molecule has 10 rings (SSSR count). The quantitative estimate of drug-likeness (QED) is 0.112. The molecule has 0 unspecified atom stereocenters. The molecule has 374 valence electrons. The van der Waals surface area contributed by atoms with Gasteiger partial charge in [-0.05, 0) is 127 Å². The number of hydrogen-bond donors (Lipinski definition) is 4. The molecule has 16 heteroatoms. The number of carbonyl (C=O) groups excluding carboxylic acids is 2. The number of nitrogens with one attached hydrogen (secondary N) is 2. The van der Waals surface area contributed by atoms with Crippen molar-refractivity contribution in [3.05, 3.63) is 72.6 Å². The average Bonchev–Trinajstić information content (AvgIpc) is 4.21. The van der Waals surface area contributed by atoms with Gasteiger partial charge < -0.3 is 39.5 Å². The van der Waals surface area contributed by atoms with Gasteiger partial charge in [-0.15, -0.1) is 0 Å². The predicted molar refractivity (Wildman–Crippen MR) is 262 cm³/mol. The number of likely N-dealkylation sites (tertiary alicyclic amines) is 2. The number of likely N-dealkylation sites (N-methyl/N-ethyl adjacent to an activating group) is 2. The van der Waals surface area contributed by atoms with Gasteiger partial charge in [-0.1, -0.05) is 61.4 Å². The van der Waals surface area contributed by atoms with Gasteiger partial charge in [0.05, 0.1) is 47.9 Å². The third-order valence-corrected chi connectivity index (χ3v) is 17.3. The first-order valence-corrected chi connectivity index (χ1v) is 25.8. The van der Waals surface area contributed by atoms with Gasteiger partial charge in [0.15, 0.2) is 0 Å². The summed E-state index contributed by atoms with van der Waals surface area (Å²) in [5.74, 6) is 1.19. The number of carboxylic acid groups (broad SMARTS) is 2. The van der Waals surface area contributed by atoms with E-state index in [2.05, 4.69) is 72.3 Å². The van der Waals surface area contributed by atoms with E-state index in [-0.39, 0.29) is 84.1 Å². The third kappa shape index (κ3) is 8.87. The van der Waals surface area contributed by atoms with E-state index in [0.29, 0.717) is 24.5 Å². The van der Waals surface area contributed by atoms with E-state index in [1.807, 2.05) is 36.0 Å². The summed E-state index contributed by atoms with van der Waals surface area (Å²) in [5, 5.41) is 20.5. The van der Waals surface area contributed by atoms with Crippen molar-refractivity contribution >= 4 is 24.0 Å². The van der Waals surface area contributed by atoms with Crippen LogP contribution >= 0.6 is 0 Å². The maximum absolute atomic E-state index is 14.8. The molecule has 2 saturated carbocycles. The monoisotopic (exact) mass is 959 g/mol. The molecule has 6 heterocycles. The molecule has 0 spiro atoms. The van der Waals surface area contributed by atoms with Crippen molar-refractivity contribution in [3.63, 3.8) is 0 Å². The summed E-state index contributed by atoms with van der Waals surface area (Å²) in [6.45, 7) is 8.17. The number of imidazole rings is 2. The highest BCUT2D eigenvalue weighted by molar-refractivity contribution is 5.87. The van der Waals surface area contributed by atoms with Gasteiger partial charge in [-0.2, -0.15) is 0 Å². The SMILES string of the molecule is C[C@@H]1C[C@@H]([C@@H](C(=O)N2[C@@H](C)CC[C@H]2c2nc(-c3ccc(-c4ccc(-c5c[nH]c([C@@H]6CC[C@H](C)N6C(=O)[C@H]([C@@H]6C[C@@H](C)O[C@H]7CCC[C@@H]67)N(C)C(=O)O)n5)cc4)cc3)c[nH]2)N(C)C(=O)O)[C@@H]2CCC[C@@H]2O1. The van der Waals surface area contributed by atoms with Crippen LogP contribution in [0.5, 0.6) is 0 Å². The van der Waals surface area contributed by atoms with Crippen LogP contribution in [0.1, 0.15) is 128 Å². The molecular weight excluding hydrogens is 889 g/mol. The number of carbonyl (C=O) groups is 4. The van der Waals surface area contributed by atoms with E-state index in [9.17, 15) is 29.4 Å². The van der Waals surface area contributed by atoms with Crippen molar-refractivity contribution in [2.24, 2.45) is 23.7 Å². The zero-order valence-corrected chi connectivity index (χ0v) is 41.4. The Hall–Kier alpha value is -5.74. The van der Waals surface area contributed by atoms with Gasteiger partial charge in [0.2, 0.25) is 11.8 Å². The molecule has 2 aromatic heterocycles. The van der Waals surface area contributed by atoms with Crippen LogP contribution in [0, 0.1) is 23.7 Å². The lowest BCUT2D eigenvalue weighted by molar-refractivity contribution is -0.150. The van der Waals surface area contributed by atoms with E-state index < -0.39 is 24.3 Å². The smallest absolute Gasteiger partial charge is 0.407 e. The fourth-order valence-electron chi connectivity index (χ4n) is 13.8. The maximum atomic E-state index is 14.8. The minimum absolute atomic E-state index is 0.0372. The van der Waals surface area contributed by atoms with Gasteiger partial charge in [0.25, 0.3) is 0 Å². The van der Waals surface area contributed by atoms with Crippen LogP contribution in [-0.2, 0) is 19.1 Å². The lowest BCUT2D eigenvalue weighted by Crippen LogP contribution is -2.57. The van der Waals surface area contributed by atoms with Crippen LogP contribution in [-0.4, -0.2) is 136 Å². The molecule has 4 saturated heterocycles. The van der Waals surface area contributed by atoms with Gasteiger partial charge in [0, 0.05) is 49.7 Å². The second-order valence-corrected chi connectivity index (χ2v) is 21.5. The van der Waals surface area contributed by atoms with Crippen LogP contribution in [0.25, 0.3) is 33.6 Å². The Bertz CT molecular complexity index is 2370. The second kappa shape index (κ2) is 19.5. The minimum Gasteiger partial charge on any atom is -0.465 e. The number of rotatable bonds is 11. The fourth-order valence-corrected chi connectivity index (χ4v) is 13.8. The molecule has 6 fully saturated rings. The van der Waals surface area contributed by atoms with Crippen molar-refractivity contribution < 1.29 is 38.9 Å². The fraction of sp³-hybridized carbons (Fsp3) is 0.593. The average molecular weight is 959 g/mol. The standard InChI is InChI=1S/C54H70N8O8/c1-29-13-23-43(61(29)51(63)47(59(5)53(65)66)39-25-31(3)69-45-11-7-9-37(39)45)49-55-27-41(57-49)35-19-15-33(16-20-35)34-17-21-36(22-18-34)42-28-56-50(58-42)44-24-14-30(2)62(44)52(64)48(60(6)54(67)68)40-26-32(4)70-46-12-8-10-38(40)46/h15-22,27-32,37-40,43-48H,7-14,23-26H2,1-6H3,(H,55,57)(H,56,58)(H,65,66)(H,67,68)/t29-,30-,31+,32+,37-,38-,39+,40+,43-,44-,45-,46-,47-,48-/m0/s1. The zero-order valence-electron chi connectivity index (χ0n) is 41.4. The van der Waals surface area contributed by atoms with E-state index >= 15 is 0 Å². The molecule has 0 bridgehead atoms. The van der Waals surface area contributed by atoms with Crippen molar-refractivity contribution in [2.45, 2.75) is 165 Å². The zero-order chi connectivity index (χ0) is 49.1. The number of aromatic amines is 2. The van der Waals surface area contributed by atoms with Crippen molar-refractivity contribution in [1.29, 1.82) is 0 Å². The number of amides is 4. The maximum Gasteiger partial charge on any atom is 0.407 e. The molecule has 4 amide bonds. The lowest BCUT2D eigenvalue weighted by Gasteiger charge is -2.45. The van der Waals surface area contributed by atoms with Crippen LogP contribution in [0.4, 0.5) is 9.59 Å². The van der Waals surface area contributed by atoms with Gasteiger partial charge in [0.1, 0.15) is 23.7 Å². The molecule has 70 heavy (non-hydrogen) atoms. The first kappa shape index (κ1) is 47.9. The van der Waals surface area contributed by atoms with Crippen LogP contribution in [0.2, 0.25) is 0 Å². The molecule has 2 aliphatic carbocycles. The van der Waals surface area contributed by atoms with Crippen LogP contribution in [0.15, 0.2) is 60.9 Å². The summed E-state index contributed by atoms with van der Waals surface area (Å²) in [6, 6.07) is 14.2. The van der Waals surface area contributed by atoms with Crippen molar-refractivity contribution in [2.75, 3.05) is 14.1 Å². The Balaban J connectivity index is 0.820. The van der Waals surface area contributed by atoms with E-state index in [1.165, 1.54) is 9.80 Å². The normalized spacial score (nSPS) is 31.5. The predicted octanol–water partition coefficient (Wildman–Crippen LogP) is 9.38. The van der Waals surface area contributed by atoms with E-state index in [1.54, 1.807) is 14.1 Å². The van der Waals surface area contributed by atoms with Crippen molar-refractivity contribution in [1.82, 2.24) is 39.5 Å². The number of fused-ring (bicyclic) bond motifs is 2. The first-order valence-electron chi connectivity index (χ1n) is 25.8. The second-order valence-electron chi connectivity index (χ2n) is 21.5. The number of aromatic nitrogens is 4. The lowest BCUT2D eigenvalue weighted by atomic mass is 9.76. The molecule has 0 radical (unpaired) electrons. The number of hydrogen-bond acceptors (Lipinski definition) is 8. The van der Waals surface area contributed by atoms with E-state index in [4.69, 9.17) is 19.4 Å². The highest BCUT2D eigenvalue weighted by Crippen LogP contribution is 2.48. The Kier molecular flexibility index (Phi) is 13.3. The van der Waals surface area contributed by atoms with E-state index in [0.717, 1.165) is 97.8 Å². The largest absolute Gasteiger partial charge is 0.465 e. The highest BCUT2D eigenvalue weighted by atomic mass is 16.5. The molecule has 6 aliphatic rings. The van der Waals surface area contributed by atoms with Gasteiger partial charge >= 0.3 is 12.2 Å². The van der Waals surface area contributed by atoms with Gasteiger partial charge in [-0.3, -0.25) is 19.4 Å². The topological polar surface area (TPSA) is 198 Å². The molecule has 2 aromatic carbocycles. The number of H-pyrrole nitrogens is 2. The number of nitrogens with zero attached hydrogens (tertiary/aromatic N) is 6. The van der Waals surface area contributed by atoms with Gasteiger partial charge in [-0.25, -0.2) is 19.6 Å². The number of benzene rings is 2. The molecule has 4 N–H and O–H groups in total. The Morgan fingerprint density at radius 2 is 0.943 bits per heavy atom. The van der Waals surface area contributed by atoms with Crippen molar-refractivity contribution in [3.8, 4) is 33.6 Å². The molecule has 14 atom stereocenters. The highest BCUT2D eigenvalue weighted by Gasteiger charge is 2.53. The Labute approximate surface area is 410 Å². The summed E-state index contributed by atoms with van der Waals surface area (Å²) in [7, 11) is 3.08. The van der Waals surface area contributed by atoms with Crippen LogP contribution in [0.3, 0.4) is 0 Å². The Morgan fingerprint density at radius 1 is 0.571 bits per heavy atom. The van der Waals surface area contributed by atoms with Crippen LogP contribution < -0.4 is 0 Å². The summed E-state index contributed by atoms with van der Waals surface area (Å²) in [5.41, 5.74) is 5.48. The first-order chi connectivity index (χ1) is 33.7. The minimum atomic E-state index is -1.10.